The molecule has 1 saturated carbocycles. The second-order valence-corrected chi connectivity index (χ2v) is 10.9. The molecule has 4 rings (SSSR count). The Morgan fingerprint density at radius 3 is 2.57 bits per heavy atom. The second-order valence-electron chi connectivity index (χ2n) is 8.25. The van der Waals surface area contributed by atoms with Gasteiger partial charge in [0, 0.05) is 12.6 Å². The molecule has 0 bridgehead atoms. The maximum atomic E-state index is 11.8. The Bertz CT molecular complexity index is 927. The third-order valence-electron chi connectivity index (χ3n) is 6.08. The number of thiazole rings is 1. The molecule has 2 fully saturated rings. The van der Waals surface area contributed by atoms with Crippen molar-refractivity contribution in [3.05, 3.63) is 41.3 Å². The predicted octanol–water partition coefficient (Wildman–Crippen LogP) is 3.09. The first kappa shape index (κ1) is 21.5. The molecule has 0 amide bonds. The van der Waals surface area contributed by atoms with Crippen LogP contribution in [0.25, 0.3) is 0 Å². The van der Waals surface area contributed by atoms with Crippen molar-refractivity contribution in [2.24, 2.45) is 0 Å². The van der Waals surface area contributed by atoms with Crippen LogP contribution in [-0.4, -0.2) is 56.1 Å². The van der Waals surface area contributed by atoms with Gasteiger partial charge in [-0.1, -0.05) is 30.3 Å². The number of rotatable bonds is 7. The molecule has 9 heteroatoms. The molecule has 0 unspecified atom stereocenters. The summed E-state index contributed by atoms with van der Waals surface area (Å²) in [6.07, 6.45) is 6.29. The standard InChI is InChI=1S/C21H29N3O4S2/c1-30(26,27)23-18-11-12-24(21-22-20(25)14-29-21)19(18)13-28-17-9-7-16(8-10-17)15-5-3-2-4-6-15/h2-6,14,16-19,23,25H,7-13H2,1H3/t16-,17+,18-,19-/m0/s1. The highest BCUT2D eigenvalue weighted by atomic mass is 32.2. The molecule has 2 N–H and O–H groups in total. The molecule has 2 aromatic rings. The van der Waals surface area contributed by atoms with Gasteiger partial charge in [0.15, 0.2) is 5.13 Å². The summed E-state index contributed by atoms with van der Waals surface area (Å²) in [5.41, 5.74) is 1.40. The Kier molecular flexibility index (Phi) is 6.62. The summed E-state index contributed by atoms with van der Waals surface area (Å²) in [5.74, 6) is 0.584. The first-order valence-electron chi connectivity index (χ1n) is 10.4. The summed E-state index contributed by atoms with van der Waals surface area (Å²) < 4.78 is 32.7. The van der Waals surface area contributed by atoms with Gasteiger partial charge in [0.1, 0.15) is 0 Å². The van der Waals surface area contributed by atoms with Crippen molar-refractivity contribution < 1.29 is 18.3 Å². The van der Waals surface area contributed by atoms with E-state index in [9.17, 15) is 13.5 Å². The van der Waals surface area contributed by atoms with Gasteiger partial charge in [0.2, 0.25) is 15.9 Å². The first-order valence-corrected chi connectivity index (χ1v) is 13.2. The average Bonchev–Trinajstić information content (AvgIpc) is 3.32. The lowest BCUT2D eigenvalue weighted by atomic mass is 9.83. The minimum atomic E-state index is -3.32. The van der Waals surface area contributed by atoms with E-state index in [0.29, 0.717) is 30.6 Å². The fourth-order valence-electron chi connectivity index (χ4n) is 4.62. The summed E-state index contributed by atoms with van der Waals surface area (Å²) in [5, 5.41) is 11.9. The van der Waals surface area contributed by atoms with Gasteiger partial charge >= 0.3 is 0 Å². The Morgan fingerprint density at radius 1 is 1.20 bits per heavy atom. The van der Waals surface area contributed by atoms with E-state index in [1.54, 1.807) is 5.38 Å². The van der Waals surface area contributed by atoms with Crippen LogP contribution in [0.15, 0.2) is 35.7 Å². The van der Waals surface area contributed by atoms with E-state index in [4.69, 9.17) is 4.74 Å². The quantitative estimate of drug-likeness (QED) is 0.672. The SMILES string of the molecule is CS(=O)(=O)N[C@H]1CCN(c2nc(O)cs2)[C@H]1CO[C@H]1CC[C@@H](c2ccccc2)CC1. The molecular weight excluding hydrogens is 422 g/mol. The van der Waals surface area contributed by atoms with Crippen molar-refractivity contribution in [3.8, 4) is 5.88 Å². The summed E-state index contributed by atoms with van der Waals surface area (Å²) in [6.45, 7) is 1.11. The maximum absolute atomic E-state index is 11.8. The third kappa shape index (κ3) is 5.32. The van der Waals surface area contributed by atoms with Gasteiger partial charge in [-0.3, -0.25) is 0 Å². The second kappa shape index (κ2) is 9.21. The van der Waals surface area contributed by atoms with E-state index >= 15 is 0 Å². The molecule has 1 aliphatic heterocycles. The Labute approximate surface area is 182 Å². The monoisotopic (exact) mass is 451 g/mol. The summed E-state index contributed by atoms with van der Waals surface area (Å²) in [6, 6.07) is 10.3. The fraction of sp³-hybridized carbons (Fsp3) is 0.571. The van der Waals surface area contributed by atoms with Gasteiger partial charge in [0.05, 0.1) is 30.4 Å². The van der Waals surface area contributed by atoms with Crippen LogP contribution in [0.3, 0.4) is 0 Å². The zero-order valence-electron chi connectivity index (χ0n) is 17.1. The number of sulfonamides is 1. The number of hydrogen-bond donors (Lipinski definition) is 2. The number of ether oxygens (including phenoxy) is 1. The lowest BCUT2D eigenvalue weighted by Gasteiger charge is -2.32. The Hall–Kier alpha value is -1.68. The van der Waals surface area contributed by atoms with E-state index < -0.39 is 10.0 Å². The molecule has 1 aromatic carbocycles. The normalized spacial score (nSPS) is 27.4. The number of nitrogens with zero attached hydrogens (tertiary/aromatic N) is 2. The third-order valence-corrected chi connectivity index (χ3v) is 7.68. The van der Waals surface area contributed by atoms with Crippen molar-refractivity contribution in [2.75, 3.05) is 24.3 Å². The predicted molar refractivity (Wildman–Crippen MR) is 119 cm³/mol. The number of nitrogens with one attached hydrogen (secondary N) is 1. The average molecular weight is 452 g/mol. The maximum Gasteiger partial charge on any atom is 0.223 e. The van der Waals surface area contributed by atoms with Crippen molar-refractivity contribution in [1.29, 1.82) is 0 Å². The largest absolute Gasteiger partial charge is 0.493 e. The molecule has 2 heterocycles. The van der Waals surface area contributed by atoms with Crippen LogP contribution in [0, 0.1) is 0 Å². The zero-order valence-corrected chi connectivity index (χ0v) is 18.7. The summed E-state index contributed by atoms with van der Waals surface area (Å²) in [7, 11) is -3.32. The molecule has 164 valence electrons. The van der Waals surface area contributed by atoms with E-state index in [1.807, 2.05) is 0 Å². The van der Waals surface area contributed by atoms with E-state index in [1.165, 1.54) is 23.2 Å². The van der Waals surface area contributed by atoms with Crippen molar-refractivity contribution in [2.45, 2.75) is 56.2 Å². The van der Waals surface area contributed by atoms with Crippen LogP contribution in [0.1, 0.15) is 43.6 Å². The summed E-state index contributed by atoms with van der Waals surface area (Å²) in [4.78, 5) is 6.24. The van der Waals surface area contributed by atoms with Crippen molar-refractivity contribution >= 4 is 26.5 Å². The minimum Gasteiger partial charge on any atom is -0.493 e. The van der Waals surface area contributed by atoms with Gasteiger partial charge in [0.25, 0.3) is 0 Å². The molecular formula is C21H29N3O4S2. The molecule has 0 spiro atoms. The molecule has 30 heavy (non-hydrogen) atoms. The number of aromatic hydroxyl groups is 1. The van der Waals surface area contributed by atoms with Crippen LogP contribution >= 0.6 is 11.3 Å². The smallest absolute Gasteiger partial charge is 0.223 e. The van der Waals surface area contributed by atoms with E-state index in [2.05, 4.69) is 44.9 Å². The van der Waals surface area contributed by atoms with Crippen LogP contribution in [0.4, 0.5) is 5.13 Å². The lowest BCUT2D eigenvalue weighted by molar-refractivity contribution is 0.0157. The van der Waals surface area contributed by atoms with Gasteiger partial charge < -0.3 is 14.7 Å². The number of anilines is 1. The zero-order chi connectivity index (χ0) is 21.1. The first-order chi connectivity index (χ1) is 14.4. The number of aromatic nitrogens is 1. The molecule has 1 aliphatic carbocycles. The topological polar surface area (TPSA) is 91.8 Å². The minimum absolute atomic E-state index is 0.00609. The van der Waals surface area contributed by atoms with Crippen molar-refractivity contribution in [1.82, 2.24) is 9.71 Å². The van der Waals surface area contributed by atoms with Crippen LogP contribution in [-0.2, 0) is 14.8 Å². The molecule has 2 atom stereocenters. The molecule has 2 aliphatic rings. The molecule has 1 aromatic heterocycles. The highest BCUT2D eigenvalue weighted by molar-refractivity contribution is 7.88. The Balaban J connectivity index is 1.37. The lowest BCUT2D eigenvalue weighted by Crippen LogP contribution is -2.48. The van der Waals surface area contributed by atoms with Gasteiger partial charge in [-0.25, -0.2) is 13.1 Å². The number of benzene rings is 1. The van der Waals surface area contributed by atoms with Gasteiger partial charge in [-0.15, -0.1) is 11.3 Å². The van der Waals surface area contributed by atoms with E-state index in [0.717, 1.165) is 25.7 Å². The highest BCUT2D eigenvalue weighted by Gasteiger charge is 2.38. The van der Waals surface area contributed by atoms with Gasteiger partial charge in [-0.2, -0.15) is 4.98 Å². The van der Waals surface area contributed by atoms with E-state index in [-0.39, 0.29) is 24.1 Å². The van der Waals surface area contributed by atoms with Gasteiger partial charge in [-0.05, 0) is 43.6 Å². The number of hydrogen-bond acceptors (Lipinski definition) is 7. The van der Waals surface area contributed by atoms with Crippen LogP contribution < -0.4 is 9.62 Å². The molecule has 7 nitrogen and oxygen atoms in total. The van der Waals surface area contributed by atoms with Crippen LogP contribution in [0.5, 0.6) is 5.88 Å². The highest BCUT2D eigenvalue weighted by Crippen LogP contribution is 2.35. The fourth-order valence-corrected chi connectivity index (χ4v) is 6.22. The molecule has 1 saturated heterocycles. The van der Waals surface area contributed by atoms with Crippen LogP contribution in [0.2, 0.25) is 0 Å². The Morgan fingerprint density at radius 2 is 1.93 bits per heavy atom. The molecule has 0 radical (unpaired) electrons. The van der Waals surface area contributed by atoms with Crippen molar-refractivity contribution in [3.63, 3.8) is 0 Å². The summed E-state index contributed by atoms with van der Waals surface area (Å²) >= 11 is 1.36.